The van der Waals surface area contributed by atoms with Crippen molar-refractivity contribution >= 4 is 0 Å². The van der Waals surface area contributed by atoms with Gasteiger partial charge in [-0.25, -0.2) is 4.39 Å². The first-order chi connectivity index (χ1) is 9.25. The van der Waals surface area contributed by atoms with Gasteiger partial charge in [-0.1, -0.05) is 12.1 Å². The minimum atomic E-state index is -0.327. The monoisotopic (exact) mass is 263 g/mol. The average molecular weight is 263 g/mol. The molecule has 1 N–H and O–H groups in total. The molecule has 0 bridgehead atoms. The summed E-state index contributed by atoms with van der Waals surface area (Å²) in [5.74, 6) is -0.0314. The molecule has 0 aliphatic carbocycles. The molecule has 1 heterocycles. The van der Waals surface area contributed by atoms with Gasteiger partial charge in [0.15, 0.2) is 11.6 Å². The number of halogens is 1. The van der Waals surface area contributed by atoms with Crippen molar-refractivity contribution < 1.29 is 9.13 Å². The summed E-state index contributed by atoms with van der Waals surface area (Å²) < 4.78 is 20.5. The first-order valence-corrected chi connectivity index (χ1v) is 6.34. The fraction of sp³-hybridized carbons (Fsp3) is 0.357. The van der Waals surface area contributed by atoms with Crippen LogP contribution in [0.2, 0.25) is 0 Å². The normalized spacial score (nSPS) is 12.3. The molecule has 2 aromatic rings. The van der Waals surface area contributed by atoms with Crippen LogP contribution in [0, 0.1) is 5.82 Å². The molecule has 0 spiro atoms. The molecule has 102 valence electrons. The van der Waals surface area contributed by atoms with Gasteiger partial charge >= 0.3 is 0 Å². The smallest absolute Gasteiger partial charge is 0.165 e. The van der Waals surface area contributed by atoms with Crippen LogP contribution in [0.3, 0.4) is 0 Å². The third-order valence-corrected chi connectivity index (χ3v) is 2.71. The van der Waals surface area contributed by atoms with Gasteiger partial charge in [0.05, 0.1) is 6.54 Å². The summed E-state index contributed by atoms with van der Waals surface area (Å²) in [7, 11) is 0. The average Bonchev–Trinajstić information content (AvgIpc) is 2.89. The number of benzene rings is 1. The Labute approximate surface area is 112 Å². The maximum Gasteiger partial charge on any atom is 0.165 e. The van der Waals surface area contributed by atoms with Gasteiger partial charge in [-0.05, 0) is 25.1 Å². The van der Waals surface area contributed by atoms with Crippen LogP contribution >= 0.6 is 0 Å². The fourth-order valence-electron chi connectivity index (χ4n) is 1.78. The lowest BCUT2D eigenvalue weighted by Gasteiger charge is -2.14. The first-order valence-electron chi connectivity index (χ1n) is 6.34. The molecule has 5 heteroatoms. The number of ether oxygens (including phenoxy) is 1. The summed E-state index contributed by atoms with van der Waals surface area (Å²) in [4.78, 5) is 0. The van der Waals surface area contributed by atoms with Crippen molar-refractivity contribution in [1.29, 1.82) is 0 Å². The molecule has 0 aliphatic rings. The molecular weight excluding hydrogens is 245 g/mol. The highest BCUT2D eigenvalue weighted by Crippen LogP contribution is 2.14. The standard InChI is InChI=1S/C14H18FN3O/c1-12(11-18-9-4-7-17-18)16-8-10-19-14-6-3-2-5-13(14)15/h2-7,9,12,16H,8,10-11H2,1H3/t12-/m1/s1. The van der Waals surface area contributed by atoms with E-state index in [0.717, 1.165) is 6.54 Å². The summed E-state index contributed by atoms with van der Waals surface area (Å²) in [6.07, 6.45) is 3.68. The molecule has 0 unspecified atom stereocenters. The van der Waals surface area contributed by atoms with Crippen LogP contribution in [-0.4, -0.2) is 29.0 Å². The van der Waals surface area contributed by atoms with Gasteiger partial charge in [-0.2, -0.15) is 5.10 Å². The Morgan fingerprint density at radius 1 is 1.37 bits per heavy atom. The number of nitrogens with one attached hydrogen (secondary N) is 1. The number of para-hydroxylation sites is 1. The number of nitrogens with zero attached hydrogens (tertiary/aromatic N) is 2. The zero-order chi connectivity index (χ0) is 13.5. The molecule has 4 nitrogen and oxygen atoms in total. The molecule has 0 fully saturated rings. The van der Waals surface area contributed by atoms with Crippen LogP contribution in [0.5, 0.6) is 5.75 Å². The van der Waals surface area contributed by atoms with Crippen LogP contribution in [0.1, 0.15) is 6.92 Å². The van der Waals surface area contributed by atoms with E-state index in [0.29, 0.717) is 18.9 Å². The number of hydrogen-bond acceptors (Lipinski definition) is 3. The summed E-state index contributed by atoms with van der Waals surface area (Å²) in [5.41, 5.74) is 0. The molecule has 0 saturated carbocycles. The van der Waals surface area contributed by atoms with Gasteiger partial charge in [0.2, 0.25) is 0 Å². The Hall–Kier alpha value is -1.88. The Bertz CT molecular complexity index is 487. The quantitative estimate of drug-likeness (QED) is 0.777. The Balaban J connectivity index is 1.65. The number of rotatable bonds is 7. The minimum absolute atomic E-state index is 0.282. The van der Waals surface area contributed by atoms with Crippen LogP contribution < -0.4 is 10.1 Å². The van der Waals surface area contributed by atoms with Crippen molar-refractivity contribution in [2.24, 2.45) is 0 Å². The summed E-state index contributed by atoms with van der Waals surface area (Å²) in [6.45, 7) is 3.97. The van der Waals surface area contributed by atoms with Crippen molar-refractivity contribution in [1.82, 2.24) is 15.1 Å². The first kappa shape index (κ1) is 13.5. The van der Waals surface area contributed by atoms with Crippen LogP contribution in [-0.2, 0) is 6.54 Å². The van der Waals surface area contributed by atoms with E-state index in [4.69, 9.17) is 4.74 Å². The van der Waals surface area contributed by atoms with Crippen molar-refractivity contribution in [3.63, 3.8) is 0 Å². The van der Waals surface area contributed by atoms with Crippen LogP contribution in [0.15, 0.2) is 42.7 Å². The van der Waals surface area contributed by atoms with Gasteiger partial charge in [0.25, 0.3) is 0 Å². The third-order valence-electron chi connectivity index (χ3n) is 2.71. The van der Waals surface area contributed by atoms with Crippen molar-refractivity contribution in [3.05, 3.63) is 48.5 Å². The topological polar surface area (TPSA) is 39.1 Å². The number of hydrogen-bond donors (Lipinski definition) is 1. The van der Waals surface area contributed by atoms with Gasteiger partial charge in [0, 0.05) is 25.0 Å². The Morgan fingerprint density at radius 3 is 2.95 bits per heavy atom. The van der Waals surface area contributed by atoms with E-state index < -0.39 is 0 Å². The third kappa shape index (κ3) is 4.37. The predicted octanol–water partition coefficient (Wildman–Crippen LogP) is 2.08. The SMILES string of the molecule is C[C@H](Cn1cccn1)NCCOc1ccccc1F. The van der Waals surface area contributed by atoms with Crippen LogP contribution in [0.4, 0.5) is 4.39 Å². The Kier molecular flexibility index (Phi) is 4.92. The second-order valence-electron chi connectivity index (χ2n) is 4.36. The Morgan fingerprint density at radius 2 is 2.21 bits per heavy atom. The zero-order valence-corrected chi connectivity index (χ0v) is 10.9. The van der Waals surface area contributed by atoms with E-state index in [9.17, 15) is 4.39 Å². The largest absolute Gasteiger partial charge is 0.489 e. The summed E-state index contributed by atoms with van der Waals surface area (Å²) >= 11 is 0. The van der Waals surface area contributed by atoms with Crippen molar-refractivity contribution in [2.45, 2.75) is 19.5 Å². The van der Waals surface area contributed by atoms with Crippen LogP contribution in [0.25, 0.3) is 0 Å². The molecule has 1 aromatic carbocycles. The molecule has 2 rings (SSSR count). The lowest BCUT2D eigenvalue weighted by Crippen LogP contribution is -2.33. The van der Waals surface area contributed by atoms with E-state index in [2.05, 4.69) is 17.3 Å². The highest BCUT2D eigenvalue weighted by atomic mass is 19.1. The lowest BCUT2D eigenvalue weighted by molar-refractivity contribution is 0.288. The summed E-state index contributed by atoms with van der Waals surface area (Å²) in [6, 6.07) is 8.60. The maximum atomic E-state index is 13.3. The van der Waals surface area contributed by atoms with Gasteiger partial charge in [-0.15, -0.1) is 0 Å². The molecule has 0 amide bonds. The molecule has 0 radical (unpaired) electrons. The second kappa shape index (κ2) is 6.89. The highest BCUT2D eigenvalue weighted by molar-refractivity contribution is 5.23. The minimum Gasteiger partial charge on any atom is -0.489 e. The highest BCUT2D eigenvalue weighted by Gasteiger charge is 2.03. The second-order valence-corrected chi connectivity index (χ2v) is 4.36. The molecular formula is C14H18FN3O. The predicted molar refractivity (Wildman–Crippen MR) is 71.6 cm³/mol. The van der Waals surface area contributed by atoms with E-state index in [1.165, 1.54) is 6.07 Å². The van der Waals surface area contributed by atoms with Gasteiger partial charge in [0.1, 0.15) is 6.61 Å². The molecule has 19 heavy (non-hydrogen) atoms. The molecule has 0 saturated heterocycles. The zero-order valence-electron chi connectivity index (χ0n) is 10.9. The van der Waals surface area contributed by atoms with E-state index in [1.807, 2.05) is 16.9 Å². The summed E-state index contributed by atoms with van der Waals surface area (Å²) in [5, 5.41) is 7.44. The van der Waals surface area contributed by atoms with E-state index in [1.54, 1.807) is 24.4 Å². The lowest BCUT2D eigenvalue weighted by atomic mass is 10.3. The van der Waals surface area contributed by atoms with Crippen molar-refractivity contribution in [2.75, 3.05) is 13.2 Å². The molecule has 1 aromatic heterocycles. The molecule has 0 aliphatic heterocycles. The van der Waals surface area contributed by atoms with Crippen molar-refractivity contribution in [3.8, 4) is 5.75 Å². The van der Waals surface area contributed by atoms with Gasteiger partial charge < -0.3 is 10.1 Å². The van der Waals surface area contributed by atoms with Gasteiger partial charge in [-0.3, -0.25) is 4.68 Å². The number of aromatic nitrogens is 2. The maximum absolute atomic E-state index is 13.3. The fourth-order valence-corrected chi connectivity index (χ4v) is 1.78. The molecule has 1 atom stereocenters. The van der Waals surface area contributed by atoms with E-state index >= 15 is 0 Å². The van der Waals surface area contributed by atoms with E-state index in [-0.39, 0.29) is 11.9 Å².